The molecule has 3 heterocycles. The minimum absolute atomic E-state index is 0.0779. The number of oxazole rings is 1. The first-order valence-electron chi connectivity index (χ1n) is 10.3. The lowest BCUT2D eigenvalue weighted by molar-refractivity contribution is -0.189. The van der Waals surface area contributed by atoms with Crippen LogP contribution >= 0.6 is 0 Å². The summed E-state index contributed by atoms with van der Waals surface area (Å²) in [5.41, 5.74) is 0.783. The Hall–Kier alpha value is -3.25. The van der Waals surface area contributed by atoms with E-state index in [1.807, 2.05) is 6.92 Å². The maximum absolute atomic E-state index is 12.5. The average Bonchev–Trinajstić information content (AvgIpc) is 3.22. The van der Waals surface area contributed by atoms with Crippen LogP contribution in [0.15, 0.2) is 28.7 Å². The van der Waals surface area contributed by atoms with Crippen molar-refractivity contribution in [2.24, 2.45) is 0 Å². The van der Waals surface area contributed by atoms with Crippen molar-refractivity contribution in [3.8, 4) is 23.1 Å². The smallest absolute Gasteiger partial charge is 0.476 e. The molecule has 0 bridgehead atoms. The molecule has 33 heavy (non-hydrogen) atoms. The molecule has 0 unspecified atom stereocenters. The van der Waals surface area contributed by atoms with Crippen molar-refractivity contribution >= 4 is 17.2 Å². The Bertz CT molecular complexity index is 1130. The normalized spacial score (nSPS) is 15.0. The number of ether oxygens (including phenoxy) is 3. The lowest BCUT2D eigenvalue weighted by Crippen LogP contribution is -2.36. The van der Waals surface area contributed by atoms with Crippen molar-refractivity contribution in [1.29, 1.82) is 0 Å². The van der Waals surface area contributed by atoms with Crippen LogP contribution in [-0.2, 0) is 16.1 Å². The van der Waals surface area contributed by atoms with Gasteiger partial charge in [-0.05, 0) is 24.6 Å². The van der Waals surface area contributed by atoms with E-state index in [4.69, 9.17) is 13.9 Å². The van der Waals surface area contributed by atoms with Gasteiger partial charge in [0.2, 0.25) is 11.8 Å². The highest BCUT2D eigenvalue weighted by molar-refractivity contribution is 5.79. The van der Waals surface area contributed by atoms with Gasteiger partial charge >= 0.3 is 12.1 Å². The predicted octanol–water partition coefficient (Wildman–Crippen LogP) is 3.37. The highest BCUT2D eigenvalue weighted by Crippen LogP contribution is 2.31. The first-order valence-corrected chi connectivity index (χ1v) is 10.3. The van der Waals surface area contributed by atoms with Crippen LogP contribution in [0.25, 0.3) is 22.7 Å². The van der Waals surface area contributed by atoms with Crippen molar-refractivity contribution in [1.82, 2.24) is 19.9 Å². The number of esters is 1. The van der Waals surface area contributed by atoms with Gasteiger partial charge in [-0.1, -0.05) is 13.0 Å². The van der Waals surface area contributed by atoms with E-state index in [9.17, 15) is 18.0 Å². The summed E-state index contributed by atoms with van der Waals surface area (Å²) in [4.78, 5) is 26.6. The third kappa shape index (κ3) is 5.57. The molecule has 176 valence electrons. The van der Waals surface area contributed by atoms with E-state index in [-0.39, 0.29) is 23.2 Å². The molecule has 0 radical (unpaired) electrons. The molecule has 1 aromatic carbocycles. The van der Waals surface area contributed by atoms with Crippen LogP contribution in [0.5, 0.6) is 11.6 Å². The van der Waals surface area contributed by atoms with Gasteiger partial charge in [0.05, 0.1) is 26.4 Å². The minimum Gasteiger partial charge on any atom is -0.476 e. The van der Waals surface area contributed by atoms with Gasteiger partial charge in [0.15, 0.2) is 11.3 Å². The maximum Gasteiger partial charge on any atom is 0.491 e. The van der Waals surface area contributed by atoms with Gasteiger partial charge in [0, 0.05) is 18.7 Å². The van der Waals surface area contributed by atoms with Gasteiger partial charge in [0.25, 0.3) is 5.71 Å². The predicted molar refractivity (Wildman–Crippen MR) is 109 cm³/mol. The Morgan fingerprint density at radius 1 is 1.18 bits per heavy atom. The maximum atomic E-state index is 12.5. The molecule has 1 aliphatic rings. The van der Waals surface area contributed by atoms with E-state index in [1.54, 1.807) is 6.07 Å². The molecule has 4 rings (SSSR count). The van der Waals surface area contributed by atoms with Crippen LogP contribution < -0.4 is 9.47 Å². The Kier molecular flexibility index (Phi) is 6.75. The number of carbonyl (C=O) groups excluding carboxylic acids is 1. The van der Waals surface area contributed by atoms with E-state index in [0.29, 0.717) is 43.3 Å². The molecular formula is C21H21F3N4O5. The fourth-order valence-corrected chi connectivity index (χ4v) is 3.15. The number of fused-ring (bicyclic) bond motifs is 1. The summed E-state index contributed by atoms with van der Waals surface area (Å²) >= 11 is 0. The van der Waals surface area contributed by atoms with E-state index < -0.39 is 12.1 Å². The molecule has 1 saturated heterocycles. The number of morpholine rings is 1. The topological polar surface area (TPSA) is 99.8 Å². The first kappa shape index (κ1) is 22.9. The van der Waals surface area contributed by atoms with Crippen molar-refractivity contribution < 1.29 is 36.6 Å². The van der Waals surface area contributed by atoms with Crippen LogP contribution in [0.2, 0.25) is 0 Å². The quantitative estimate of drug-likeness (QED) is 0.383. The number of rotatable bonds is 7. The van der Waals surface area contributed by atoms with Crippen LogP contribution in [0, 0.1) is 0 Å². The minimum atomic E-state index is -5.11. The monoisotopic (exact) mass is 466 g/mol. The summed E-state index contributed by atoms with van der Waals surface area (Å²) < 4.78 is 58.8. The molecular weight excluding hydrogens is 445 g/mol. The molecule has 1 fully saturated rings. The molecule has 0 N–H and O–H groups in total. The van der Waals surface area contributed by atoms with Crippen LogP contribution in [0.3, 0.4) is 0 Å². The lowest BCUT2D eigenvalue weighted by atomic mass is 10.2. The van der Waals surface area contributed by atoms with Crippen molar-refractivity contribution in [2.75, 3.05) is 32.9 Å². The van der Waals surface area contributed by atoms with Crippen molar-refractivity contribution in [3.63, 3.8) is 0 Å². The summed E-state index contributed by atoms with van der Waals surface area (Å²) in [6.45, 7) is 5.59. The number of nitrogens with zero attached hydrogens (tertiary/aromatic N) is 4. The molecule has 1 aliphatic heterocycles. The summed E-state index contributed by atoms with van der Waals surface area (Å²) in [5.74, 6) is -1.77. The molecule has 0 amide bonds. The summed E-state index contributed by atoms with van der Waals surface area (Å²) in [5, 5.41) is 0. The van der Waals surface area contributed by atoms with Crippen LogP contribution in [0.4, 0.5) is 13.2 Å². The van der Waals surface area contributed by atoms with Gasteiger partial charge in [-0.15, -0.1) is 0 Å². The SMILES string of the molecule is CCCOc1nc(CN2CCOCC2)nc2oc(-c3cccc(OC(=O)C(F)(F)F)c3)nc12. The zero-order valence-corrected chi connectivity index (χ0v) is 17.7. The number of hydrogen-bond donors (Lipinski definition) is 0. The van der Waals surface area contributed by atoms with E-state index in [2.05, 4.69) is 24.6 Å². The average molecular weight is 466 g/mol. The second kappa shape index (κ2) is 9.71. The highest BCUT2D eigenvalue weighted by atomic mass is 19.4. The second-order valence-corrected chi connectivity index (χ2v) is 7.27. The molecule has 0 saturated carbocycles. The van der Waals surface area contributed by atoms with E-state index in [1.165, 1.54) is 18.2 Å². The molecule has 0 atom stereocenters. The van der Waals surface area contributed by atoms with Crippen molar-refractivity contribution in [3.05, 3.63) is 30.1 Å². The Labute approximate surface area is 186 Å². The van der Waals surface area contributed by atoms with Crippen molar-refractivity contribution in [2.45, 2.75) is 26.1 Å². The third-order valence-corrected chi connectivity index (χ3v) is 4.71. The molecule has 3 aromatic rings. The highest BCUT2D eigenvalue weighted by Gasteiger charge is 2.41. The van der Waals surface area contributed by atoms with Gasteiger partial charge < -0.3 is 18.6 Å². The second-order valence-electron chi connectivity index (χ2n) is 7.27. The molecule has 0 spiro atoms. The number of aromatic nitrogens is 3. The third-order valence-electron chi connectivity index (χ3n) is 4.71. The standard InChI is InChI=1S/C21H21F3N4O5/c1-2-8-31-18-16-19(26-15(25-18)12-28-6-9-30-10-7-28)33-17(27-16)13-4-3-5-14(11-13)32-20(29)21(22,23)24/h3-5,11H,2,6-10,12H2,1H3. The van der Waals surface area contributed by atoms with Gasteiger partial charge in [-0.25, -0.2) is 9.78 Å². The number of halogens is 3. The van der Waals surface area contributed by atoms with Crippen LogP contribution in [-0.4, -0.2) is 64.9 Å². The van der Waals surface area contributed by atoms with Gasteiger partial charge in [-0.3, -0.25) is 4.90 Å². The fourth-order valence-electron chi connectivity index (χ4n) is 3.15. The summed E-state index contributed by atoms with van der Waals surface area (Å²) in [6.07, 6.45) is -4.35. The number of hydrogen-bond acceptors (Lipinski definition) is 9. The first-order chi connectivity index (χ1) is 15.8. The molecule has 9 nitrogen and oxygen atoms in total. The zero-order chi connectivity index (χ0) is 23.4. The molecule has 2 aromatic heterocycles. The number of benzene rings is 1. The zero-order valence-electron chi connectivity index (χ0n) is 17.7. The Morgan fingerprint density at radius 2 is 1.97 bits per heavy atom. The Balaban J connectivity index is 1.65. The van der Waals surface area contributed by atoms with Gasteiger partial charge in [0.1, 0.15) is 5.75 Å². The van der Waals surface area contributed by atoms with E-state index >= 15 is 0 Å². The van der Waals surface area contributed by atoms with Gasteiger partial charge in [-0.2, -0.15) is 23.1 Å². The largest absolute Gasteiger partial charge is 0.491 e. The number of alkyl halides is 3. The van der Waals surface area contributed by atoms with Crippen LogP contribution in [0.1, 0.15) is 19.2 Å². The lowest BCUT2D eigenvalue weighted by Gasteiger charge is -2.25. The summed E-state index contributed by atoms with van der Waals surface area (Å²) in [7, 11) is 0. The fraction of sp³-hybridized carbons (Fsp3) is 0.429. The molecule has 0 aliphatic carbocycles. The Morgan fingerprint density at radius 3 is 2.70 bits per heavy atom. The number of carbonyl (C=O) groups is 1. The summed E-state index contributed by atoms with van der Waals surface area (Å²) in [6, 6.07) is 5.44. The molecule has 12 heteroatoms. The van der Waals surface area contributed by atoms with E-state index in [0.717, 1.165) is 19.5 Å².